The summed E-state index contributed by atoms with van der Waals surface area (Å²) in [5.41, 5.74) is 1.74. The van der Waals surface area contributed by atoms with Gasteiger partial charge in [0.15, 0.2) is 5.71 Å². The average molecular weight is 152 g/mol. The van der Waals surface area contributed by atoms with Crippen molar-refractivity contribution in [3.05, 3.63) is 0 Å². The maximum absolute atomic E-state index is 2.49. The van der Waals surface area contributed by atoms with Crippen LogP contribution in [-0.4, -0.2) is 23.9 Å². The Hall–Kier alpha value is -0.330. The third kappa shape index (κ3) is 1.21. The summed E-state index contributed by atoms with van der Waals surface area (Å²) in [6.07, 6.45) is 5.77. The molecule has 1 unspecified atom stereocenters. The number of hydrogen-bond donors (Lipinski definition) is 0. The van der Waals surface area contributed by atoms with E-state index < -0.39 is 0 Å². The Morgan fingerprint density at radius 1 is 1.27 bits per heavy atom. The van der Waals surface area contributed by atoms with Gasteiger partial charge < -0.3 is 0 Å². The molecule has 1 nitrogen and oxygen atoms in total. The zero-order valence-corrected chi connectivity index (χ0v) is 7.64. The molecule has 2 aliphatic rings. The molecule has 2 rings (SSSR count). The first-order chi connectivity index (χ1) is 5.30. The second-order valence-corrected chi connectivity index (χ2v) is 4.09. The first kappa shape index (κ1) is 7.33. The van der Waals surface area contributed by atoms with Gasteiger partial charge in [-0.25, -0.2) is 4.58 Å². The average Bonchev–Trinajstić information content (AvgIpc) is 2.55. The maximum atomic E-state index is 2.49. The summed E-state index contributed by atoms with van der Waals surface area (Å²) in [4.78, 5) is 0. The Balaban J connectivity index is 2.13. The summed E-state index contributed by atoms with van der Waals surface area (Å²) < 4.78 is 2.49. The Kier molecular flexibility index (Phi) is 1.74. The molecule has 0 N–H and O–H groups in total. The van der Waals surface area contributed by atoms with Gasteiger partial charge in [-0.1, -0.05) is 13.3 Å². The van der Waals surface area contributed by atoms with Crippen LogP contribution in [0.4, 0.5) is 0 Å². The van der Waals surface area contributed by atoms with Gasteiger partial charge in [0.2, 0.25) is 0 Å². The quantitative estimate of drug-likeness (QED) is 0.466. The largest absolute Gasteiger partial charge is 0.239 e. The van der Waals surface area contributed by atoms with Crippen molar-refractivity contribution < 1.29 is 4.58 Å². The molecule has 0 saturated heterocycles. The van der Waals surface area contributed by atoms with E-state index in [0.29, 0.717) is 0 Å². The van der Waals surface area contributed by atoms with Crippen molar-refractivity contribution in [1.29, 1.82) is 0 Å². The molecule has 11 heavy (non-hydrogen) atoms. The third-order valence-electron chi connectivity index (χ3n) is 3.29. The van der Waals surface area contributed by atoms with E-state index in [9.17, 15) is 0 Å². The van der Waals surface area contributed by atoms with E-state index >= 15 is 0 Å². The highest BCUT2D eigenvalue weighted by Crippen LogP contribution is 2.39. The topological polar surface area (TPSA) is 3.01 Å². The molecule has 0 aromatic rings. The van der Waals surface area contributed by atoms with E-state index in [1.165, 1.54) is 32.2 Å². The molecule has 1 aliphatic heterocycles. The SMILES string of the molecule is C[C@@H]1/C2=[N+](/C)CCCCCC21. The fourth-order valence-electron chi connectivity index (χ4n) is 2.49. The van der Waals surface area contributed by atoms with Crippen molar-refractivity contribution in [1.82, 2.24) is 0 Å². The van der Waals surface area contributed by atoms with Gasteiger partial charge in [-0.3, -0.25) is 0 Å². The molecule has 1 aliphatic carbocycles. The molecule has 0 bridgehead atoms. The van der Waals surface area contributed by atoms with E-state index in [0.717, 1.165) is 11.8 Å². The predicted molar refractivity (Wildman–Crippen MR) is 47.2 cm³/mol. The normalized spacial score (nSPS) is 44.2. The molecule has 0 amide bonds. The smallest absolute Gasteiger partial charge is 0.159 e. The third-order valence-corrected chi connectivity index (χ3v) is 3.29. The summed E-state index contributed by atoms with van der Waals surface area (Å²) >= 11 is 0. The number of hydrogen-bond acceptors (Lipinski definition) is 0. The lowest BCUT2D eigenvalue weighted by molar-refractivity contribution is -0.497. The highest BCUT2D eigenvalue weighted by molar-refractivity contribution is 5.99. The zero-order chi connectivity index (χ0) is 7.84. The van der Waals surface area contributed by atoms with Gasteiger partial charge in [0.1, 0.15) is 13.6 Å². The Bertz CT molecular complexity index is 193. The van der Waals surface area contributed by atoms with E-state index in [-0.39, 0.29) is 0 Å². The van der Waals surface area contributed by atoms with Gasteiger partial charge in [-0.15, -0.1) is 0 Å². The lowest BCUT2D eigenvalue weighted by Gasteiger charge is -2.01. The Labute approximate surface area is 69.1 Å². The maximum Gasteiger partial charge on any atom is 0.159 e. The van der Waals surface area contributed by atoms with E-state index in [1.54, 1.807) is 5.71 Å². The number of fused-ring (bicyclic) bond motifs is 1. The minimum Gasteiger partial charge on any atom is -0.239 e. The van der Waals surface area contributed by atoms with Crippen LogP contribution in [0.3, 0.4) is 0 Å². The van der Waals surface area contributed by atoms with Crippen LogP contribution in [0, 0.1) is 11.8 Å². The van der Waals surface area contributed by atoms with Crippen molar-refractivity contribution in [2.75, 3.05) is 13.6 Å². The summed E-state index contributed by atoms with van der Waals surface area (Å²) in [6.45, 7) is 3.68. The molecular formula is C10H18N+. The molecule has 2 atom stereocenters. The summed E-state index contributed by atoms with van der Waals surface area (Å²) in [5.74, 6) is 1.89. The Morgan fingerprint density at radius 2 is 2.09 bits per heavy atom. The number of rotatable bonds is 0. The van der Waals surface area contributed by atoms with Crippen LogP contribution in [0.2, 0.25) is 0 Å². The zero-order valence-electron chi connectivity index (χ0n) is 7.64. The van der Waals surface area contributed by atoms with E-state index in [1.807, 2.05) is 0 Å². The fourth-order valence-corrected chi connectivity index (χ4v) is 2.49. The standard InChI is InChI=1S/C10H18N/c1-8-9-6-4-3-5-7-11(2)10(8)9/h8-9H,3-7H2,1-2H3/q+1/b11-10+/t8-,9?/m0/s1. The molecule has 1 heteroatoms. The fraction of sp³-hybridized carbons (Fsp3) is 0.900. The molecule has 0 radical (unpaired) electrons. The van der Waals surface area contributed by atoms with Crippen LogP contribution < -0.4 is 0 Å². The second-order valence-electron chi connectivity index (χ2n) is 4.09. The first-order valence-corrected chi connectivity index (χ1v) is 4.88. The van der Waals surface area contributed by atoms with Crippen LogP contribution in [0.5, 0.6) is 0 Å². The van der Waals surface area contributed by atoms with Gasteiger partial charge in [-0.05, 0) is 12.8 Å². The molecule has 1 saturated carbocycles. The van der Waals surface area contributed by atoms with Crippen molar-refractivity contribution in [3.8, 4) is 0 Å². The molecule has 1 fully saturated rings. The van der Waals surface area contributed by atoms with Crippen molar-refractivity contribution in [3.63, 3.8) is 0 Å². The number of nitrogens with zero attached hydrogens (tertiary/aromatic N) is 1. The second kappa shape index (κ2) is 2.62. The van der Waals surface area contributed by atoms with Crippen molar-refractivity contribution in [2.24, 2.45) is 11.8 Å². The highest BCUT2D eigenvalue weighted by Gasteiger charge is 2.49. The van der Waals surface area contributed by atoms with Gasteiger partial charge in [0, 0.05) is 12.3 Å². The predicted octanol–water partition coefficient (Wildman–Crippen LogP) is 1.91. The van der Waals surface area contributed by atoms with Crippen LogP contribution in [0.15, 0.2) is 0 Å². The summed E-state index contributed by atoms with van der Waals surface area (Å²) in [5, 5.41) is 0. The first-order valence-electron chi connectivity index (χ1n) is 4.88. The van der Waals surface area contributed by atoms with E-state index in [2.05, 4.69) is 18.5 Å². The molecule has 0 aromatic carbocycles. The van der Waals surface area contributed by atoms with E-state index in [4.69, 9.17) is 0 Å². The summed E-state index contributed by atoms with van der Waals surface area (Å²) in [6, 6.07) is 0. The van der Waals surface area contributed by atoms with Gasteiger partial charge in [0.05, 0.1) is 5.92 Å². The lowest BCUT2D eigenvalue weighted by Crippen LogP contribution is -2.12. The van der Waals surface area contributed by atoms with Crippen LogP contribution in [0.1, 0.15) is 32.6 Å². The molecule has 62 valence electrons. The molecular weight excluding hydrogens is 134 g/mol. The molecule has 0 spiro atoms. The van der Waals surface area contributed by atoms with Crippen LogP contribution >= 0.6 is 0 Å². The van der Waals surface area contributed by atoms with Crippen molar-refractivity contribution in [2.45, 2.75) is 32.6 Å². The monoisotopic (exact) mass is 152 g/mol. The van der Waals surface area contributed by atoms with Gasteiger partial charge in [0.25, 0.3) is 0 Å². The lowest BCUT2D eigenvalue weighted by atomic mass is 10.1. The minimum absolute atomic E-state index is 0.915. The van der Waals surface area contributed by atoms with Crippen LogP contribution in [-0.2, 0) is 0 Å². The van der Waals surface area contributed by atoms with Crippen LogP contribution in [0.25, 0.3) is 0 Å². The summed E-state index contributed by atoms with van der Waals surface area (Å²) in [7, 11) is 2.26. The van der Waals surface area contributed by atoms with Gasteiger partial charge in [-0.2, -0.15) is 0 Å². The highest BCUT2D eigenvalue weighted by atomic mass is 15.0. The molecule has 1 heterocycles. The van der Waals surface area contributed by atoms with Crippen molar-refractivity contribution >= 4 is 5.71 Å². The Morgan fingerprint density at radius 3 is 2.91 bits per heavy atom. The minimum atomic E-state index is 0.915. The van der Waals surface area contributed by atoms with Gasteiger partial charge >= 0.3 is 0 Å². The molecule has 0 aromatic heterocycles.